The number of carbonyl (C=O) groups excluding carboxylic acids is 3. The predicted octanol–water partition coefficient (Wildman–Crippen LogP) is 4.59. The van der Waals surface area contributed by atoms with Crippen LogP contribution in [0.15, 0.2) is 42.6 Å². The van der Waals surface area contributed by atoms with Crippen molar-refractivity contribution in [2.45, 2.75) is 44.9 Å². The fourth-order valence-electron chi connectivity index (χ4n) is 4.38. The molecule has 1 saturated carbocycles. The molecular formula is C22H22ClN3O3. The number of carbonyl (C=O) groups is 3. The molecule has 4 rings (SSSR count). The third-order valence-corrected chi connectivity index (χ3v) is 6.11. The zero-order chi connectivity index (χ0) is 20.4. The van der Waals surface area contributed by atoms with Gasteiger partial charge in [0.2, 0.25) is 11.8 Å². The highest BCUT2D eigenvalue weighted by molar-refractivity contribution is 6.35. The number of halogens is 1. The molecule has 150 valence electrons. The van der Waals surface area contributed by atoms with E-state index in [1.807, 2.05) is 0 Å². The molecule has 0 radical (unpaired) electrons. The van der Waals surface area contributed by atoms with Gasteiger partial charge in [-0.25, -0.2) is 4.90 Å². The maximum absolute atomic E-state index is 12.8. The van der Waals surface area contributed by atoms with Crippen molar-refractivity contribution in [3.8, 4) is 0 Å². The van der Waals surface area contributed by atoms with E-state index >= 15 is 0 Å². The Morgan fingerprint density at radius 2 is 1.76 bits per heavy atom. The highest BCUT2D eigenvalue weighted by atomic mass is 35.5. The van der Waals surface area contributed by atoms with Crippen molar-refractivity contribution in [1.29, 1.82) is 0 Å². The minimum absolute atomic E-state index is 0.175. The van der Waals surface area contributed by atoms with E-state index in [2.05, 4.69) is 10.3 Å². The van der Waals surface area contributed by atoms with Gasteiger partial charge >= 0.3 is 0 Å². The second kappa shape index (κ2) is 7.95. The number of piperidine rings is 1. The van der Waals surface area contributed by atoms with Crippen LogP contribution in [0.2, 0.25) is 5.02 Å². The Morgan fingerprint density at radius 3 is 2.38 bits per heavy atom. The number of rotatable bonds is 3. The first-order valence-electron chi connectivity index (χ1n) is 9.85. The maximum Gasteiger partial charge on any atom is 0.274 e. The minimum atomic E-state index is -0.362. The lowest BCUT2D eigenvalue weighted by molar-refractivity contribution is -0.134. The van der Waals surface area contributed by atoms with E-state index in [0.29, 0.717) is 24.2 Å². The third kappa shape index (κ3) is 4.03. The lowest BCUT2D eigenvalue weighted by Crippen LogP contribution is -2.49. The molecule has 2 fully saturated rings. The van der Waals surface area contributed by atoms with Gasteiger partial charge in [-0.05, 0) is 48.6 Å². The van der Waals surface area contributed by atoms with Gasteiger partial charge in [-0.15, -0.1) is 0 Å². The summed E-state index contributed by atoms with van der Waals surface area (Å²) in [5, 5.41) is 2.96. The molecule has 2 aromatic rings. The number of nitrogens with one attached hydrogen (secondary N) is 1. The number of anilines is 2. The summed E-state index contributed by atoms with van der Waals surface area (Å²) in [6.07, 6.45) is 7.50. The van der Waals surface area contributed by atoms with E-state index in [0.717, 1.165) is 25.7 Å². The van der Waals surface area contributed by atoms with Crippen LogP contribution in [0.5, 0.6) is 0 Å². The smallest absolute Gasteiger partial charge is 0.274 e. The lowest BCUT2D eigenvalue weighted by Gasteiger charge is -2.42. The molecule has 0 unspecified atom stereocenters. The zero-order valence-electron chi connectivity index (χ0n) is 16.0. The van der Waals surface area contributed by atoms with Gasteiger partial charge in [-0.1, -0.05) is 36.9 Å². The first-order valence-corrected chi connectivity index (χ1v) is 10.2. The van der Waals surface area contributed by atoms with Gasteiger partial charge in [0.05, 0.1) is 10.7 Å². The fourth-order valence-corrected chi connectivity index (χ4v) is 4.65. The topological polar surface area (TPSA) is 79.4 Å². The summed E-state index contributed by atoms with van der Waals surface area (Å²) in [4.78, 5) is 43.2. The molecule has 0 atom stereocenters. The molecular weight excluding hydrogens is 390 g/mol. The van der Waals surface area contributed by atoms with Crippen LogP contribution in [0.4, 0.5) is 11.4 Å². The van der Waals surface area contributed by atoms with E-state index in [9.17, 15) is 14.4 Å². The molecule has 2 aliphatic rings. The summed E-state index contributed by atoms with van der Waals surface area (Å²) >= 11 is 6.39. The third-order valence-electron chi connectivity index (χ3n) is 5.81. The highest BCUT2D eigenvalue weighted by Crippen LogP contribution is 2.46. The minimum Gasteiger partial charge on any atom is -0.321 e. The van der Waals surface area contributed by atoms with E-state index in [1.54, 1.807) is 36.4 Å². The van der Waals surface area contributed by atoms with Gasteiger partial charge in [0.15, 0.2) is 0 Å². The molecule has 1 saturated heterocycles. The van der Waals surface area contributed by atoms with Gasteiger partial charge in [0, 0.05) is 24.7 Å². The van der Waals surface area contributed by atoms with E-state index in [1.165, 1.54) is 17.5 Å². The van der Waals surface area contributed by atoms with E-state index in [4.69, 9.17) is 11.6 Å². The van der Waals surface area contributed by atoms with Crippen molar-refractivity contribution >= 4 is 40.7 Å². The number of hydrogen-bond acceptors (Lipinski definition) is 4. The predicted molar refractivity (Wildman–Crippen MR) is 111 cm³/mol. The fraction of sp³-hybridized carbons (Fsp3) is 0.364. The van der Waals surface area contributed by atoms with Crippen LogP contribution in [0.25, 0.3) is 0 Å². The molecule has 1 N–H and O–H groups in total. The average Bonchev–Trinajstić information content (AvgIpc) is 2.70. The Bertz CT molecular complexity index is 935. The van der Waals surface area contributed by atoms with Gasteiger partial charge in [0.1, 0.15) is 5.69 Å². The van der Waals surface area contributed by atoms with Crippen LogP contribution in [0.3, 0.4) is 0 Å². The first-order chi connectivity index (χ1) is 14.0. The zero-order valence-corrected chi connectivity index (χ0v) is 16.7. The van der Waals surface area contributed by atoms with Gasteiger partial charge in [-0.2, -0.15) is 0 Å². The average molecular weight is 412 g/mol. The number of nitrogens with zero attached hydrogens (tertiary/aromatic N) is 2. The van der Waals surface area contributed by atoms with E-state index in [-0.39, 0.29) is 33.9 Å². The quantitative estimate of drug-likeness (QED) is 0.749. The Labute approximate surface area is 174 Å². The van der Waals surface area contributed by atoms with Crippen LogP contribution in [0, 0.1) is 5.41 Å². The monoisotopic (exact) mass is 411 g/mol. The van der Waals surface area contributed by atoms with Crippen LogP contribution < -0.4 is 10.2 Å². The molecule has 1 aliphatic carbocycles. The second-order valence-corrected chi connectivity index (χ2v) is 8.28. The van der Waals surface area contributed by atoms with Gasteiger partial charge < -0.3 is 5.32 Å². The molecule has 1 spiro atoms. The van der Waals surface area contributed by atoms with E-state index < -0.39 is 0 Å². The number of aromatic nitrogens is 1. The molecule has 1 aliphatic heterocycles. The summed E-state index contributed by atoms with van der Waals surface area (Å²) in [5.74, 6) is -0.760. The van der Waals surface area contributed by atoms with Crippen LogP contribution in [0.1, 0.15) is 55.4 Å². The summed E-state index contributed by atoms with van der Waals surface area (Å²) in [7, 11) is 0. The summed E-state index contributed by atoms with van der Waals surface area (Å²) in [5.41, 5.74) is 0.941. The molecule has 0 bridgehead atoms. The van der Waals surface area contributed by atoms with Gasteiger partial charge in [0.25, 0.3) is 5.91 Å². The Balaban J connectivity index is 1.51. The maximum atomic E-state index is 12.8. The van der Waals surface area contributed by atoms with Crippen molar-refractivity contribution in [2.24, 2.45) is 5.41 Å². The summed E-state index contributed by atoms with van der Waals surface area (Å²) in [6.45, 7) is 0. The number of imide groups is 1. The molecule has 6 nitrogen and oxygen atoms in total. The molecule has 7 heteroatoms. The lowest BCUT2D eigenvalue weighted by atomic mass is 9.67. The molecule has 1 aromatic carbocycles. The molecule has 3 amide bonds. The number of hydrogen-bond donors (Lipinski definition) is 1. The summed E-state index contributed by atoms with van der Waals surface area (Å²) in [6, 6.07) is 9.84. The Hall–Kier alpha value is -2.73. The first kappa shape index (κ1) is 19.6. The van der Waals surface area contributed by atoms with Gasteiger partial charge in [-0.3, -0.25) is 19.4 Å². The standard InChI is InChI=1S/C22H22ClN3O3/c23-16-12-15(25-21(29)17-6-2-5-11-24-17)7-8-18(16)26-19(27)13-22(14-20(26)28)9-3-1-4-10-22/h2,5-8,11-12H,1,3-4,9-10,13-14H2,(H,25,29). The molecule has 2 heterocycles. The van der Waals surface area contributed by atoms with Crippen LogP contribution in [-0.2, 0) is 9.59 Å². The van der Waals surface area contributed by atoms with Crippen LogP contribution >= 0.6 is 11.6 Å². The second-order valence-electron chi connectivity index (χ2n) is 7.87. The highest BCUT2D eigenvalue weighted by Gasteiger charge is 2.44. The van der Waals surface area contributed by atoms with Crippen molar-refractivity contribution < 1.29 is 14.4 Å². The molecule has 29 heavy (non-hydrogen) atoms. The van der Waals surface area contributed by atoms with Crippen molar-refractivity contribution in [3.63, 3.8) is 0 Å². The van der Waals surface area contributed by atoms with Crippen molar-refractivity contribution in [3.05, 3.63) is 53.3 Å². The van der Waals surface area contributed by atoms with Crippen molar-refractivity contribution in [1.82, 2.24) is 4.98 Å². The normalized spacial score (nSPS) is 18.7. The molecule has 1 aromatic heterocycles. The Morgan fingerprint density at radius 1 is 1.03 bits per heavy atom. The number of amides is 3. The Kier molecular flexibility index (Phi) is 5.37. The van der Waals surface area contributed by atoms with Crippen LogP contribution in [-0.4, -0.2) is 22.7 Å². The summed E-state index contributed by atoms with van der Waals surface area (Å²) < 4.78 is 0. The number of pyridine rings is 1. The largest absolute Gasteiger partial charge is 0.321 e. The van der Waals surface area contributed by atoms with Crippen molar-refractivity contribution in [2.75, 3.05) is 10.2 Å². The number of benzene rings is 1. The SMILES string of the molecule is O=C(Nc1ccc(N2C(=O)CC3(CCCCC3)CC2=O)c(Cl)c1)c1ccccn1.